The molecule has 0 radical (unpaired) electrons. The van der Waals surface area contributed by atoms with Gasteiger partial charge in [0.05, 0.1) is 18.8 Å². The van der Waals surface area contributed by atoms with Crippen LogP contribution in [0.15, 0.2) is 41.4 Å². The minimum Gasteiger partial charge on any atom is -0.494 e. The fourth-order valence-corrected chi connectivity index (χ4v) is 2.57. The third-order valence-corrected chi connectivity index (χ3v) is 3.94. The zero-order valence-electron chi connectivity index (χ0n) is 16.8. The molecule has 0 aromatic heterocycles. The smallest absolute Gasteiger partial charge is 0.243 e. The van der Waals surface area contributed by atoms with Gasteiger partial charge in [-0.05, 0) is 36.8 Å². The summed E-state index contributed by atoms with van der Waals surface area (Å²) in [5.41, 5.74) is 0.570. The highest BCUT2D eigenvalue weighted by atomic mass is 127. The molecule has 2 rings (SSSR count). The van der Waals surface area contributed by atoms with Crippen LogP contribution < -0.4 is 15.4 Å². The van der Waals surface area contributed by atoms with Crippen molar-refractivity contribution in [3.05, 3.63) is 59.4 Å². The lowest BCUT2D eigenvalue weighted by Gasteiger charge is -2.22. The number of nitrogens with zero attached hydrogens (tertiary/aromatic N) is 2. The Bertz CT molecular complexity index is 879. The van der Waals surface area contributed by atoms with Gasteiger partial charge >= 0.3 is 0 Å². The van der Waals surface area contributed by atoms with E-state index >= 15 is 0 Å². The second-order valence-electron chi connectivity index (χ2n) is 6.10. The van der Waals surface area contributed by atoms with Crippen LogP contribution in [0.4, 0.5) is 18.9 Å². The molecule has 164 valence electrons. The highest BCUT2D eigenvalue weighted by Crippen LogP contribution is 2.19. The van der Waals surface area contributed by atoms with Crippen molar-refractivity contribution in [2.75, 3.05) is 32.6 Å². The third kappa shape index (κ3) is 7.08. The van der Waals surface area contributed by atoms with E-state index in [4.69, 9.17) is 4.74 Å². The largest absolute Gasteiger partial charge is 0.494 e. The number of halogens is 4. The number of benzene rings is 2. The van der Waals surface area contributed by atoms with Crippen molar-refractivity contribution in [1.29, 1.82) is 0 Å². The number of ether oxygens (including phenoxy) is 1. The Labute approximate surface area is 190 Å². The molecular weight excluding hydrogens is 512 g/mol. The van der Waals surface area contributed by atoms with Crippen molar-refractivity contribution in [2.45, 2.75) is 13.5 Å². The Morgan fingerprint density at radius 1 is 1.10 bits per heavy atom. The number of anilines is 1. The minimum absolute atomic E-state index is 0. The molecule has 0 aliphatic rings. The number of nitrogens with one attached hydrogen (secondary N) is 2. The summed E-state index contributed by atoms with van der Waals surface area (Å²) >= 11 is 0. The number of rotatable bonds is 7. The summed E-state index contributed by atoms with van der Waals surface area (Å²) in [5.74, 6) is -3.83. The van der Waals surface area contributed by atoms with Crippen LogP contribution in [0.5, 0.6) is 5.75 Å². The molecule has 0 heterocycles. The first-order valence-electron chi connectivity index (χ1n) is 8.92. The quantitative estimate of drug-likeness (QED) is 0.245. The molecular formula is C20H24F3IN4O2. The highest BCUT2D eigenvalue weighted by molar-refractivity contribution is 14.0. The van der Waals surface area contributed by atoms with Gasteiger partial charge in [-0.25, -0.2) is 13.2 Å². The molecule has 30 heavy (non-hydrogen) atoms. The first-order valence-corrected chi connectivity index (χ1v) is 8.92. The van der Waals surface area contributed by atoms with Crippen molar-refractivity contribution < 1.29 is 22.7 Å². The lowest BCUT2D eigenvalue weighted by molar-refractivity contribution is -0.115. The molecule has 0 bridgehead atoms. The molecule has 0 aliphatic carbocycles. The van der Waals surface area contributed by atoms with Crippen LogP contribution in [-0.4, -0.2) is 44.0 Å². The zero-order valence-corrected chi connectivity index (χ0v) is 19.2. The summed E-state index contributed by atoms with van der Waals surface area (Å²) in [6.45, 7) is 2.78. The standard InChI is InChI=1S/C20H23F3N4O2.HI/c1-4-29-14-7-5-13(6-8-14)12-27(3)20(24-2)25-11-17(28)26-16-10-9-15(21)18(22)19(16)23;/h5-10H,4,11-12H2,1-3H3,(H,24,25)(H,26,28);1H. The maximum absolute atomic E-state index is 13.6. The Balaban J connectivity index is 0.00000450. The van der Waals surface area contributed by atoms with Gasteiger partial charge in [0.1, 0.15) is 5.75 Å². The predicted molar refractivity (Wildman–Crippen MR) is 121 cm³/mol. The van der Waals surface area contributed by atoms with Gasteiger partial charge in [0.2, 0.25) is 5.91 Å². The molecule has 6 nitrogen and oxygen atoms in total. The minimum atomic E-state index is -1.64. The number of hydrogen-bond donors (Lipinski definition) is 2. The van der Waals surface area contributed by atoms with Crippen LogP contribution in [0, 0.1) is 17.5 Å². The van der Waals surface area contributed by atoms with Gasteiger partial charge in [0.25, 0.3) is 0 Å². The van der Waals surface area contributed by atoms with Crippen LogP contribution in [0.3, 0.4) is 0 Å². The van der Waals surface area contributed by atoms with Crippen molar-refractivity contribution in [1.82, 2.24) is 10.2 Å². The SMILES string of the molecule is CCOc1ccc(CN(C)C(=NC)NCC(=O)Nc2ccc(F)c(F)c2F)cc1.I. The Morgan fingerprint density at radius 3 is 2.37 bits per heavy atom. The second-order valence-corrected chi connectivity index (χ2v) is 6.10. The number of guanidine groups is 1. The summed E-state index contributed by atoms with van der Waals surface area (Å²) in [7, 11) is 3.35. The van der Waals surface area contributed by atoms with Gasteiger partial charge < -0.3 is 20.3 Å². The summed E-state index contributed by atoms with van der Waals surface area (Å²) in [6.07, 6.45) is 0. The molecule has 2 aromatic rings. The van der Waals surface area contributed by atoms with Gasteiger partial charge in [0.15, 0.2) is 23.4 Å². The van der Waals surface area contributed by atoms with Gasteiger partial charge in [-0.1, -0.05) is 12.1 Å². The van der Waals surface area contributed by atoms with Gasteiger partial charge in [0, 0.05) is 20.6 Å². The molecule has 2 N–H and O–H groups in total. The summed E-state index contributed by atoms with van der Waals surface area (Å²) in [5, 5.41) is 5.03. The van der Waals surface area contributed by atoms with E-state index in [1.807, 2.05) is 31.2 Å². The predicted octanol–water partition coefficient (Wildman–Crippen LogP) is 3.77. The van der Waals surface area contributed by atoms with E-state index in [1.54, 1.807) is 19.0 Å². The van der Waals surface area contributed by atoms with Crippen LogP contribution in [-0.2, 0) is 11.3 Å². The Hall–Kier alpha value is -2.50. The number of hydrogen-bond acceptors (Lipinski definition) is 3. The van der Waals surface area contributed by atoms with Crippen LogP contribution in [0.2, 0.25) is 0 Å². The van der Waals surface area contributed by atoms with Gasteiger partial charge in [-0.15, -0.1) is 24.0 Å². The topological polar surface area (TPSA) is 66.0 Å². The normalized spacial score (nSPS) is 10.8. The summed E-state index contributed by atoms with van der Waals surface area (Å²) < 4.78 is 45.2. The number of amides is 1. The number of carbonyl (C=O) groups is 1. The van der Waals surface area contributed by atoms with Crippen molar-refractivity contribution in [2.24, 2.45) is 4.99 Å². The maximum Gasteiger partial charge on any atom is 0.243 e. The summed E-state index contributed by atoms with van der Waals surface area (Å²) in [4.78, 5) is 17.9. The second kappa shape index (κ2) is 12.3. The molecule has 0 spiro atoms. The molecule has 0 aliphatic heterocycles. The van der Waals surface area contributed by atoms with Crippen molar-refractivity contribution in [3.8, 4) is 5.75 Å². The molecule has 0 unspecified atom stereocenters. The average molecular weight is 536 g/mol. The number of aliphatic imine (C=N–C) groups is 1. The molecule has 0 saturated heterocycles. The van der Waals surface area contributed by atoms with Crippen LogP contribution in [0.1, 0.15) is 12.5 Å². The molecule has 10 heteroatoms. The fourth-order valence-electron chi connectivity index (χ4n) is 2.57. The molecule has 1 amide bonds. The Kier molecular flexibility index (Phi) is 10.4. The van der Waals surface area contributed by atoms with Crippen LogP contribution in [0.25, 0.3) is 0 Å². The van der Waals surface area contributed by atoms with E-state index < -0.39 is 29.0 Å². The lowest BCUT2D eigenvalue weighted by Crippen LogP contribution is -2.42. The molecule has 2 aromatic carbocycles. The number of carbonyl (C=O) groups excluding carboxylic acids is 1. The van der Waals surface area contributed by atoms with Crippen molar-refractivity contribution >= 4 is 41.5 Å². The molecule has 0 atom stereocenters. The zero-order chi connectivity index (χ0) is 21.4. The molecule has 0 fully saturated rings. The van der Waals surface area contributed by atoms with E-state index in [0.29, 0.717) is 19.1 Å². The third-order valence-electron chi connectivity index (χ3n) is 3.94. The van der Waals surface area contributed by atoms with E-state index in [9.17, 15) is 18.0 Å². The highest BCUT2D eigenvalue weighted by Gasteiger charge is 2.16. The van der Waals surface area contributed by atoms with E-state index in [2.05, 4.69) is 15.6 Å². The average Bonchev–Trinajstić information content (AvgIpc) is 2.70. The first-order chi connectivity index (χ1) is 13.8. The maximum atomic E-state index is 13.6. The Morgan fingerprint density at radius 2 is 1.77 bits per heavy atom. The van der Waals surface area contributed by atoms with Gasteiger partial charge in [-0.3, -0.25) is 9.79 Å². The fraction of sp³-hybridized carbons (Fsp3) is 0.300. The van der Waals surface area contributed by atoms with Crippen molar-refractivity contribution in [3.63, 3.8) is 0 Å². The van der Waals surface area contributed by atoms with E-state index in [1.165, 1.54) is 0 Å². The van der Waals surface area contributed by atoms with E-state index in [-0.39, 0.29) is 30.5 Å². The van der Waals surface area contributed by atoms with Crippen LogP contribution >= 0.6 is 24.0 Å². The molecule has 0 saturated carbocycles. The van der Waals surface area contributed by atoms with Gasteiger partial charge in [-0.2, -0.15) is 0 Å². The monoisotopic (exact) mass is 536 g/mol. The van der Waals surface area contributed by atoms with E-state index in [0.717, 1.165) is 23.4 Å². The lowest BCUT2D eigenvalue weighted by atomic mass is 10.2. The first kappa shape index (κ1) is 25.5. The summed E-state index contributed by atoms with van der Waals surface area (Å²) in [6, 6.07) is 9.28.